The summed E-state index contributed by atoms with van der Waals surface area (Å²) in [5.74, 6) is 0.208. The molecule has 1 aliphatic heterocycles. The van der Waals surface area contributed by atoms with Gasteiger partial charge in [0.25, 0.3) is 0 Å². The van der Waals surface area contributed by atoms with Crippen LogP contribution in [0, 0.1) is 0 Å². The lowest BCUT2D eigenvalue weighted by molar-refractivity contribution is 0.468. The van der Waals surface area contributed by atoms with E-state index < -0.39 is 0 Å². The Hall–Kier alpha value is -1.71. The SMILES string of the molecule is CCCCCCC(N=C(N)N)C1Cc2ccccc2N1C. The van der Waals surface area contributed by atoms with Gasteiger partial charge in [-0.3, -0.25) is 0 Å². The van der Waals surface area contributed by atoms with Crippen molar-refractivity contribution in [2.24, 2.45) is 16.5 Å². The monoisotopic (exact) mass is 288 g/mol. The highest BCUT2D eigenvalue weighted by atomic mass is 15.2. The first-order valence-electron chi connectivity index (χ1n) is 8.03. The third kappa shape index (κ3) is 3.90. The van der Waals surface area contributed by atoms with Crippen LogP contribution in [0.15, 0.2) is 29.3 Å². The van der Waals surface area contributed by atoms with Crippen molar-refractivity contribution in [2.45, 2.75) is 57.5 Å². The minimum Gasteiger partial charge on any atom is -0.370 e. The zero-order chi connectivity index (χ0) is 15.2. The Morgan fingerprint density at radius 1 is 1.29 bits per heavy atom. The molecule has 0 aromatic heterocycles. The number of fused-ring (bicyclic) bond motifs is 1. The summed E-state index contributed by atoms with van der Waals surface area (Å²) in [4.78, 5) is 6.86. The first-order chi connectivity index (χ1) is 10.1. The lowest BCUT2D eigenvalue weighted by Crippen LogP contribution is -2.40. The lowest BCUT2D eigenvalue weighted by Gasteiger charge is -2.28. The average molecular weight is 288 g/mol. The molecule has 0 aliphatic carbocycles. The van der Waals surface area contributed by atoms with Gasteiger partial charge in [0.1, 0.15) is 0 Å². The number of likely N-dealkylation sites (N-methyl/N-ethyl adjacent to an activating group) is 1. The highest BCUT2D eigenvalue weighted by molar-refractivity contribution is 5.76. The second-order valence-corrected chi connectivity index (χ2v) is 5.98. The van der Waals surface area contributed by atoms with Crippen molar-refractivity contribution >= 4 is 11.6 Å². The fourth-order valence-electron chi connectivity index (χ4n) is 3.28. The van der Waals surface area contributed by atoms with Crippen molar-refractivity contribution < 1.29 is 0 Å². The molecule has 2 unspecified atom stereocenters. The minimum absolute atomic E-state index is 0.184. The van der Waals surface area contributed by atoms with E-state index in [0.717, 1.165) is 12.8 Å². The number of anilines is 1. The first kappa shape index (κ1) is 15.7. The molecule has 2 atom stereocenters. The standard InChI is InChI=1S/C17H28N4/c1-3-4-5-6-10-14(20-17(18)19)16-12-13-9-7-8-11-15(13)21(16)2/h7-9,11,14,16H,3-6,10,12H2,1-2H3,(H4,18,19,20). The Morgan fingerprint density at radius 3 is 2.71 bits per heavy atom. The van der Waals surface area contributed by atoms with Gasteiger partial charge in [-0.2, -0.15) is 0 Å². The van der Waals surface area contributed by atoms with E-state index in [2.05, 4.69) is 48.1 Å². The van der Waals surface area contributed by atoms with Gasteiger partial charge >= 0.3 is 0 Å². The number of guanidine groups is 1. The number of nitrogens with two attached hydrogens (primary N) is 2. The van der Waals surface area contributed by atoms with Gasteiger partial charge in [-0.05, 0) is 24.5 Å². The number of unbranched alkanes of at least 4 members (excludes halogenated alkanes) is 3. The van der Waals surface area contributed by atoms with E-state index in [1.54, 1.807) is 0 Å². The normalized spacial score (nSPS) is 18.4. The van der Waals surface area contributed by atoms with E-state index in [-0.39, 0.29) is 12.0 Å². The number of benzene rings is 1. The molecule has 0 spiro atoms. The van der Waals surface area contributed by atoms with Crippen LogP contribution in [0.2, 0.25) is 0 Å². The molecule has 1 aromatic carbocycles. The summed E-state index contributed by atoms with van der Waals surface area (Å²) in [7, 11) is 2.15. The summed E-state index contributed by atoms with van der Waals surface area (Å²) in [6, 6.07) is 9.13. The van der Waals surface area contributed by atoms with Crippen molar-refractivity contribution in [3.8, 4) is 0 Å². The maximum absolute atomic E-state index is 5.65. The molecule has 0 saturated heterocycles. The summed E-state index contributed by atoms with van der Waals surface area (Å²) >= 11 is 0. The molecule has 4 heteroatoms. The molecule has 1 heterocycles. The quantitative estimate of drug-likeness (QED) is 0.460. The van der Waals surface area contributed by atoms with Gasteiger partial charge in [0.2, 0.25) is 0 Å². The van der Waals surface area contributed by atoms with Crippen LogP contribution in [0.1, 0.15) is 44.6 Å². The predicted molar refractivity (Wildman–Crippen MR) is 90.7 cm³/mol. The molecule has 0 radical (unpaired) electrons. The number of hydrogen-bond acceptors (Lipinski definition) is 2. The van der Waals surface area contributed by atoms with Crippen LogP contribution in [0.4, 0.5) is 5.69 Å². The fraction of sp³-hybridized carbons (Fsp3) is 0.588. The molecule has 2 rings (SSSR count). The van der Waals surface area contributed by atoms with Gasteiger partial charge in [-0.25, -0.2) is 4.99 Å². The largest absolute Gasteiger partial charge is 0.370 e. The van der Waals surface area contributed by atoms with Crippen molar-refractivity contribution in [3.05, 3.63) is 29.8 Å². The van der Waals surface area contributed by atoms with E-state index in [1.807, 2.05) is 0 Å². The molecule has 0 amide bonds. The maximum atomic E-state index is 5.65. The van der Waals surface area contributed by atoms with Gasteiger partial charge in [0.05, 0.1) is 12.1 Å². The van der Waals surface area contributed by atoms with E-state index >= 15 is 0 Å². The lowest BCUT2D eigenvalue weighted by atomic mass is 9.98. The summed E-state index contributed by atoms with van der Waals surface area (Å²) < 4.78 is 0. The van der Waals surface area contributed by atoms with Crippen molar-refractivity contribution in [1.29, 1.82) is 0 Å². The highest BCUT2D eigenvalue weighted by Gasteiger charge is 2.32. The number of rotatable bonds is 7. The summed E-state index contributed by atoms with van der Waals surface area (Å²) in [6.07, 6.45) is 7.08. The van der Waals surface area contributed by atoms with Crippen LogP contribution in [0.25, 0.3) is 0 Å². The third-order valence-corrected chi connectivity index (χ3v) is 4.41. The van der Waals surface area contributed by atoms with Crippen molar-refractivity contribution in [2.75, 3.05) is 11.9 Å². The van der Waals surface area contributed by atoms with Gasteiger partial charge in [0, 0.05) is 12.7 Å². The van der Waals surface area contributed by atoms with Gasteiger partial charge < -0.3 is 16.4 Å². The van der Waals surface area contributed by atoms with Gasteiger partial charge in [-0.15, -0.1) is 0 Å². The zero-order valence-corrected chi connectivity index (χ0v) is 13.3. The average Bonchev–Trinajstić information content (AvgIpc) is 2.80. The number of para-hydroxylation sites is 1. The molecule has 4 N–H and O–H groups in total. The molecule has 1 aliphatic rings. The molecule has 1 aromatic rings. The predicted octanol–water partition coefficient (Wildman–Crippen LogP) is 2.66. The van der Waals surface area contributed by atoms with Crippen LogP contribution >= 0.6 is 0 Å². The van der Waals surface area contributed by atoms with Crippen LogP contribution in [-0.4, -0.2) is 25.1 Å². The molecular formula is C17H28N4. The van der Waals surface area contributed by atoms with Crippen LogP contribution in [-0.2, 0) is 6.42 Å². The Labute approximate surface area is 128 Å². The molecule has 0 fully saturated rings. The van der Waals surface area contributed by atoms with Crippen LogP contribution < -0.4 is 16.4 Å². The summed E-state index contributed by atoms with van der Waals surface area (Å²) in [5.41, 5.74) is 14.0. The Morgan fingerprint density at radius 2 is 2.05 bits per heavy atom. The maximum Gasteiger partial charge on any atom is 0.186 e. The first-order valence-corrected chi connectivity index (χ1v) is 8.03. The fourth-order valence-corrected chi connectivity index (χ4v) is 3.28. The van der Waals surface area contributed by atoms with E-state index in [0.29, 0.717) is 6.04 Å². The molecule has 0 saturated carbocycles. The topological polar surface area (TPSA) is 67.6 Å². The minimum atomic E-state index is 0.184. The smallest absolute Gasteiger partial charge is 0.186 e. The van der Waals surface area contributed by atoms with E-state index in [1.165, 1.54) is 36.9 Å². The number of nitrogens with zero attached hydrogens (tertiary/aromatic N) is 2. The van der Waals surface area contributed by atoms with Crippen molar-refractivity contribution in [3.63, 3.8) is 0 Å². The zero-order valence-electron chi connectivity index (χ0n) is 13.3. The molecule has 4 nitrogen and oxygen atoms in total. The van der Waals surface area contributed by atoms with Crippen molar-refractivity contribution in [1.82, 2.24) is 0 Å². The number of hydrogen-bond donors (Lipinski definition) is 2. The molecular weight excluding hydrogens is 260 g/mol. The van der Waals surface area contributed by atoms with E-state index in [4.69, 9.17) is 11.5 Å². The third-order valence-electron chi connectivity index (χ3n) is 4.41. The molecule has 0 bridgehead atoms. The van der Waals surface area contributed by atoms with E-state index in [9.17, 15) is 0 Å². The Kier molecular flexibility index (Phi) is 5.48. The Bertz CT molecular complexity index is 479. The molecule has 21 heavy (non-hydrogen) atoms. The molecule has 116 valence electrons. The second kappa shape index (κ2) is 7.34. The second-order valence-electron chi connectivity index (χ2n) is 5.98. The highest BCUT2D eigenvalue weighted by Crippen LogP contribution is 2.33. The Balaban J connectivity index is 2.06. The summed E-state index contributed by atoms with van der Waals surface area (Å²) in [6.45, 7) is 2.23. The van der Waals surface area contributed by atoms with Crippen LogP contribution in [0.5, 0.6) is 0 Å². The van der Waals surface area contributed by atoms with Crippen LogP contribution in [0.3, 0.4) is 0 Å². The number of aliphatic imine (C=N–C) groups is 1. The van der Waals surface area contributed by atoms with Gasteiger partial charge in [0.15, 0.2) is 5.96 Å². The van der Waals surface area contributed by atoms with Gasteiger partial charge in [-0.1, -0.05) is 50.8 Å². The summed E-state index contributed by atoms with van der Waals surface area (Å²) in [5, 5.41) is 0.